The summed E-state index contributed by atoms with van der Waals surface area (Å²) in [6, 6.07) is 0. The number of aliphatic hydroxyl groups is 2. The van der Waals surface area contributed by atoms with Crippen molar-refractivity contribution in [1.82, 2.24) is 10.2 Å². The average Bonchev–Trinajstić information content (AvgIpc) is 2.23. The highest BCUT2D eigenvalue weighted by atomic mass is 31.2. The van der Waals surface area contributed by atoms with Gasteiger partial charge in [-0.1, -0.05) is 0 Å². The third kappa shape index (κ3) is 7.55. The van der Waals surface area contributed by atoms with E-state index < -0.39 is 25.7 Å². The average molecular weight is 328 g/mol. The Morgan fingerprint density at radius 2 is 1.45 bits per heavy atom. The summed E-state index contributed by atoms with van der Waals surface area (Å²) in [7, 11) is -5.48. The Morgan fingerprint density at radius 1 is 1.05 bits per heavy atom. The zero-order valence-corrected chi connectivity index (χ0v) is 14.4. The molecule has 1 amide bonds. The van der Waals surface area contributed by atoms with E-state index in [0.717, 1.165) is 0 Å². The molecular weight excluding hydrogens is 302 g/mol. The molecule has 0 saturated carbocycles. The standard InChI is InChI=1S/C11H26N2O5P2/c1-19(2,17)11(20(3,4)18)12-10(16)9-13(5-7-14)6-8-15/h11,14-15H,5-9H2,1-4H3,(H,12,16). The van der Waals surface area contributed by atoms with E-state index >= 15 is 0 Å². The molecule has 0 rings (SSSR count). The molecule has 0 aliphatic carbocycles. The Balaban J connectivity index is 4.77. The lowest BCUT2D eigenvalue weighted by Crippen LogP contribution is -2.43. The summed E-state index contributed by atoms with van der Waals surface area (Å²) in [6.07, 6.45) is 0. The number of nitrogens with one attached hydrogen (secondary N) is 1. The van der Waals surface area contributed by atoms with Crippen molar-refractivity contribution in [2.75, 3.05) is 59.5 Å². The molecule has 9 heteroatoms. The number of rotatable bonds is 9. The molecule has 7 nitrogen and oxygen atoms in total. The summed E-state index contributed by atoms with van der Waals surface area (Å²) in [5.41, 5.74) is -0.840. The van der Waals surface area contributed by atoms with Crippen LogP contribution in [0.3, 0.4) is 0 Å². The predicted molar refractivity (Wildman–Crippen MR) is 81.5 cm³/mol. The van der Waals surface area contributed by atoms with E-state index in [1.54, 1.807) is 4.90 Å². The van der Waals surface area contributed by atoms with Gasteiger partial charge in [0.05, 0.1) is 19.8 Å². The normalized spacial score (nSPS) is 13.0. The second kappa shape index (κ2) is 8.30. The molecule has 0 radical (unpaired) electrons. The fraction of sp³-hybridized carbons (Fsp3) is 0.909. The van der Waals surface area contributed by atoms with Crippen LogP contribution in [-0.2, 0) is 13.9 Å². The van der Waals surface area contributed by atoms with E-state index in [-0.39, 0.29) is 32.8 Å². The number of carbonyl (C=O) groups excluding carboxylic acids is 1. The highest BCUT2D eigenvalue weighted by Gasteiger charge is 2.35. The first-order chi connectivity index (χ1) is 9.02. The molecule has 0 bridgehead atoms. The largest absolute Gasteiger partial charge is 0.395 e. The molecule has 0 aromatic rings. The lowest BCUT2D eigenvalue weighted by Gasteiger charge is -2.28. The van der Waals surface area contributed by atoms with Gasteiger partial charge >= 0.3 is 0 Å². The minimum atomic E-state index is -2.74. The van der Waals surface area contributed by atoms with E-state index in [1.165, 1.54) is 26.7 Å². The monoisotopic (exact) mass is 328 g/mol. The van der Waals surface area contributed by atoms with Gasteiger partial charge in [-0.05, 0) is 26.7 Å². The van der Waals surface area contributed by atoms with Gasteiger partial charge in [0.1, 0.15) is 19.8 Å². The smallest absolute Gasteiger partial charge is 0.235 e. The zero-order valence-electron chi connectivity index (χ0n) is 12.6. The Morgan fingerprint density at radius 3 is 1.75 bits per heavy atom. The molecule has 0 aromatic heterocycles. The molecular formula is C11H26N2O5P2. The van der Waals surface area contributed by atoms with Crippen molar-refractivity contribution in [3.63, 3.8) is 0 Å². The van der Waals surface area contributed by atoms with Crippen molar-refractivity contribution in [3.05, 3.63) is 0 Å². The van der Waals surface area contributed by atoms with E-state index in [0.29, 0.717) is 0 Å². The first kappa shape index (κ1) is 19.8. The van der Waals surface area contributed by atoms with Crippen molar-refractivity contribution >= 4 is 20.2 Å². The maximum absolute atomic E-state index is 12.2. The highest BCUT2D eigenvalue weighted by molar-refractivity contribution is 7.80. The summed E-state index contributed by atoms with van der Waals surface area (Å²) in [5.74, 6) is -0.412. The lowest BCUT2D eigenvalue weighted by molar-refractivity contribution is -0.122. The van der Waals surface area contributed by atoms with Crippen LogP contribution in [0, 0.1) is 0 Å². The second-order valence-electron chi connectivity index (χ2n) is 5.53. The van der Waals surface area contributed by atoms with Gasteiger partial charge in [-0.3, -0.25) is 9.69 Å². The third-order valence-corrected chi connectivity index (χ3v) is 8.62. The number of hydrogen-bond acceptors (Lipinski definition) is 6. The van der Waals surface area contributed by atoms with Crippen molar-refractivity contribution < 1.29 is 24.1 Å². The molecule has 0 aliphatic heterocycles. The van der Waals surface area contributed by atoms with Gasteiger partial charge in [0.25, 0.3) is 0 Å². The van der Waals surface area contributed by atoms with Gasteiger partial charge in [-0.15, -0.1) is 0 Å². The zero-order chi connectivity index (χ0) is 16.0. The Hall–Kier alpha value is -0.190. The fourth-order valence-corrected chi connectivity index (χ4v) is 8.19. The van der Waals surface area contributed by atoms with E-state index in [2.05, 4.69) is 5.32 Å². The Kier molecular flexibility index (Phi) is 8.22. The minimum absolute atomic E-state index is 0.0440. The molecule has 20 heavy (non-hydrogen) atoms. The first-order valence-corrected chi connectivity index (χ1v) is 11.7. The fourth-order valence-electron chi connectivity index (χ4n) is 1.93. The number of amides is 1. The molecule has 0 heterocycles. The molecule has 0 spiro atoms. The summed E-state index contributed by atoms with van der Waals surface area (Å²) in [4.78, 5) is 13.5. The minimum Gasteiger partial charge on any atom is -0.395 e. The lowest BCUT2D eigenvalue weighted by atomic mass is 10.4. The highest BCUT2D eigenvalue weighted by Crippen LogP contribution is 2.59. The summed E-state index contributed by atoms with van der Waals surface area (Å²) in [5, 5.41) is 20.3. The van der Waals surface area contributed by atoms with Gasteiger partial charge in [0, 0.05) is 13.1 Å². The van der Waals surface area contributed by atoms with Crippen LogP contribution in [0.25, 0.3) is 0 Å². The van der Waals surface area contributed by atoms with Gasteiger partial charge in [0.15, 0.2) is 0 Å². The van der Waals surface area contributed by atoms with E-state index in [1.807, 2.05) is 0 Å². The molecule has 120 valence electrons. The number of aliphatic hydroxyl groups excluding tert-OH is 2. The molecule has 0 atom stereocenters. The van der Waals surface area contributed by atoms with Crippen molar-refractivity contribution in [2.24, 2.45) is 0 Å². The van der Waals surface area contributed by atoms with Crippen LogP contribution in [0.4, 0.5) is 0 Å². The maximum atomic E-state index is 12.2. The molecule has 0 fully saturated rings. The van der Waals surface area contributed by atoms with Gasteiger partial charge in [-0.25, -0.2) is 0 Å². The molecule has 0 saturated heterocycles. The van der Waals surface area contributed by atoms with Crippen molar-refractivity contribution in [3.8, 4) is 0 Å². The maximum Gasteiger partial charge on any atom is 0.235 e. The second-order valence-corrected chi connectivity index (χ2v) is 12.7. The number of hydrogen-bond donors (Lipinski definition) is 3. The van der Waals surface area contributed by atoms with E-state index in [9.17, 15) is 13.9 Å². The first-order valence-electron chi connectivity index (χ1n) is 6.35. The quantitative estimate of drug-likeness (QED) is 0.511. The number of carbonyl (C=O) groups is 1. The van der Waals surface area contributed by atoms with Gasteiger partial charge in [-0.2, -0.15) is 0 Å². The number of nitrogens with zero attached hydrogens (tertiary/aromatic N) is 1. The van der Waals surface area contributed by atoms with Crippen LogP contribution in [0.1, 0.15) is 0 Å². The summed E-state index contributed by atoms with van der Waals surface area (Å²) < 4.78 is 24.3. The molecule has 0 aromatic carbocycles. The van der Waals surface area contributed by atoms with Crippen LogP contribution in [0.5, 0.6) is 0 Å². The molecule has 0 unspecified atom stereocenters. The third-order valence-electron chi connectivity index (χ3n) is 2.67. The van der Waals surface area contributed by atoms with Crippen LogP contribution in [0.15, 0.2) is 0 Å². The van der Waals surface area contributed by atoms with Gasteiger partial charge < -0.3 is 24.7 Å². The SMILES string of the molecule is CP(C)(=O)C(NC(=O)CN(CCO)CCO)P(C)(C)=O. The summed E-state index contributed by atoms with van der Waals surface area (Å²) in [6.45, 7) is 6.20. The van der Waals surface area contributed by atoms with Crippen molar-refractivity contribution in [1.29, 1.82) is 0 Å². The Labute approximate surface area is 120 Å². The van der Waals surface area contributed by atoms with Crippen LogP contribution < -0.4 is 5.32 Å². The van der Waals surface area contributed by atoms with Crippen molar-refractivity contribution in [2.45, 2.75) is 5.52 Å². The van der Waals surface area contributed by atoms with Crippen LogP contribution in [-0.4, -0.2) is 86.1 Å². The Bertz CT molecular complexity index is 376. The van der Waals surface area contributed by atoms with Crippen LogP contribution >= 0.6 is 14.3 Å². The topological polar surface area (TPSA) is 107 Å². The van der Waals surface area contributed by atoms with E-state index in [4.69, 9.17) is 10.2 Å². The molecule has 0 aliphatic rings. The van der Waals surface area contributed by atoms with Crippen LogP contribution in [0.2, 0.25) is 0 Å². The molecule has 3 N–H and O–H groups in total. The van der Waals surface area contributed by atoms with Gasteiger partial charge in [0.2, 0.25) is 5.91 Å². The summed E-state index contributed by atoms with van der Waals surface area (Å²) >= 11 is 0. The predicted octanol–water partition coefficient (Wildman–Crippen LogP) is -0.0818.